The number of allylic oxidation sites excluding steroid dienone is 2. The van der Waals surface area contributed by atoms with Crippen LogP contribution in [0.5, 0.6) is 0 Å². The Balaban J connectivity index is 3.14. The number of hydrogen-bond acceptors (Lipinski definition) is 3. The second kappa shape index (κ2) is 17.9. The van der Waals surface area contributed by atoms with E-state index in [1.54, 1.807) is 0 Å². The van der Waals surface area contributed by atoms with Crippen molar-refractivity contribution in [2.45, 2.75) is 96.8 Å². The van der Waals surface area contributed by atoms with Crippen molar-refractivity contribution in [3.8, 4) is 0 Å². The van der Waals surface area contributed by atoms with Gasteiger partial charge in [-0.15, -0.1) is 0 Å². The topological polar surface area (TPSA) is 43.4 Å². The van der Waals surface area contributed by atoms with Crippen molar-refractivity contribution < 1.29 is 14.3 Å². The average molecular weight is 310 g/mol. The molecule has 0 radical (unpaired) electrons. The second-order valence-corrected chi connectivity index (χ2v) is 5.92. The van der Waals surface area contributed by atoms with Crippen LogP contribution in [0.15, 0.2) is 12.2 Å². The number of carbonyl (C=O) groups is 2. The molecule has 0 N–H and O–H groups in total. The summed E-state index contributed by atoms with van der Waals surface area (Å²) in [5.74, 6) is -0.410. The summed E-state index contributed by atoms with van der Waals surface area (Å²) in [7, 11) is 0. The molecule has 3 nitrogen and oxygen atoms in total. The third-order valence-corrected chi connectivity index (χ3v) is 3.82. The van der Waals surface area contributed by atoms with E-state index in [0.29, 0.717) is 6.42 Å². The molecule has 0 fully saturated rings. The van der Waals surface area contributed by atoms with Crippen LogP contribution in [0.4, 0.5) is 0 Å². The predicted octanol–water partition coefficient (Wildman–Crippen LogP) is 5.72. The molecule has 0 aromatic carbocycles. The van der Waals surface area contributed by atoms with Crippen LogP contribution in [0.3, 0.4) is 0 Å². The molecule has 128 valence electrons. The van der Waals surface area contributed by atoms with Gasteiger partial charge in [0.1, 0.15) is 0 Å². The number of carbonyl (C=O) groups excluding carboxylic acids is 2. The Labute approximate surface area is 136 Å². The number of ether oxygens (including phenoxy) is 1. The predicted molar refractivity (Wildman–Crippen MR) is 91.6 cm³/mol. The molecule has 0 aliphatic rings. The highest BCUT2D eigenvalue weighted by atomic mass is 16.6. The maximum Gasteiger partial charge on any atom is 0.313 e. The normalized spacial score (nSPS) is 11.0. The van der Waals surface area contributed by atoms with Crippen LogP contribution in [-0.2, 0) is 14.3 Å². The summed E-state index contributed by atoms with van der Waals surface area (Å²) in [6.45, 7) is 2.46. The molecule has 3 heteroatoms. The lowest BCUT2D eigenvalue weighted by Gasteiger charge is -2.00. The minimum atomic E-state index is -0.410. The SMILES string of the molecule is CCCCCCCCC=CCCCCCCCC(=O)OC=O. The van der Waals surface area contributed by atoms with Crippen LogP contribution in [0, 0.1) is 0 Å². The lowest BCUT2D eigenvalue weighted by atomic mass is 10.1. The van der Waals surface area contributed by atoms with Gasteiger partial charge in [-0.1, -0.05) is 70.4 Å². The molecule has 0 bridgehead atoms. The lowest BCUT2D eigenvalue weighted by molar-refractivity contribution is -0.151. The van der Waals surface area contributed by atoms with E-state index in [0.717, 1.165) is 19.3 Å². The van der Waals surface area contributed by atoms with E-state index < -0.39 is 5.97 Å². The van der Waals surface area contributed by atoms with Crippen LogP contribution in [0.25, 0.3) is 0 Å². The Bertz CT molecular complexity index is 284. The number of rotatable bonds is 16. The molecule has 0 heterocycles. The van der Waals surface area contributed by atoms with Gasteiger partial charge in [0.15, 0.2) is 0 Å². The highest BCUT2D eigenvalue weighted by Crippen LogP contribution is 2.10. The summed E-state index contributed by atoms with van der Waals surface area (Å²) in [4.78, 5) is 20.8. The maximum atomic E-state index is 10.9. The molecule has 22 heavy (non-hydrogen) atoms. The third kappa shape index (κ3) is 16.9. The lowest BCUT2D eigenvalue weighted by Crippen LogP contribution is -2.01. The first kappa shape index (κ1) is 20.9. The van der Waals surface area contributed by atoms with Gasteiger partial charge >= 0.3 is 12.4 Å². The van der Waals surface area contributed by atoms with Gasteiger partial charge in [-0.25, -0.2) is 0 Å². The summed E-state index contributed by atoms with van der Waals surface area (Å²) in [5.41, 5.74) is 0. The van der Waals surface area contributed by atoms with Gasteiger partial charge in [-0.3, -0.25) is 9.59 Å². The van der Waals surface area contributed by atoms with Crippen molar-refractivity contribution >= 4 is 12.4 Å². The average Bonchev–Trinajstić information content (AvgIpc) is 2.51. The van der Waals surface area contributed by atoms with Crippen molar-refractivity contribution in [2.24, 2.45) is 0 Å². The van der Waals surface area contributed by atoms with Crippen LogP contribution >= 0.6 is 0 Å². The molecule has 0 aliphatic heterocycles. The minimum Gasteiger partial charge on any atom is -0.395 e. The Morgan fingerprint density at radius 3 is 1.82 bits per heavy atom. The first-order valence-corrected chi connectivity index (χ1v) is 9.09. The second-order valence-electron chi connectivity index (χ2n) is 5.92. The van der Waals surface area contributed by atoms with Crippen molar-refractivity contribution in [1.29, 1.82) is 0 Å². The molecule has 0 saturated carbocycles. The quantitative estimate of drug-likeness (QED) is 0.120. The van der Waals surface area contributed by atoms with E-state index in [1.807, 2.05) is 0 Å². The van der Waals surface area contributed by atoms with Gasteiger partial charge in [0, 0.05) is 6.42 Å². The van der Waals surface area contributed by atoms with E-state index in [1.165, 1.54) is 64.2 Å². The summed E-state index contributed by atoms with van der Waals surface area (Å²) in [6.07, 6.45) is 21.0. The fourth-order valence-corrected chi connectivity index (χ4v) is 2.45. The molecule has 0 rings (SSSR count). The summed E-state index contributed by atoms with van der Waals surface area (Å²) in [5, 5.41) is 0. The third-order valence-electron chi connectivity index (χ3n) is 3.82. The zero-order chi connectivity index (χ0) is 16.3. The minimum absolute atomic E-state index is 0.208. The Hall–Kier alpha value is -1.12. The highest BCUT2D eigenvalue weighted by molar-refractivity contribution is 5.76. The van der Waals surface area contributed by atoms with Crippen LogP contribution in [-0.4, -0.2) is 12.4 Å². The highest BCUT2D eigenvalue weighted by Gasteiger charge is 2.00. The van der Waals surface area contributed by atoms with Gasteiger partial charge in [-0.05, 0) is 32.1 Å². The van der Waals surface area contributed by atoms with Crippen molar-refractivity contribution in [3.05, 3.63) is 12.2 Å². The van der Waals surface area contributed by atoms with Crippen LogP contribution in [0.1, 0.15) is 96.8 Å². The number of esters is 1. The Kier molecular flexibility index (Phi) is 17.0. The Morgan fingerprint density at radius 1 is 0.773 bits per heavy atom. The van der Waals surface area contributed by atoms with Crippen LogP contribution in [0.2, 0.25) is 0 Å². The number of unbranched alkanes of at least 4 members (excludes halogenated alkanes) is 11. The molecule has 0 spiro atoms. The van der Waals surface area contributed by atoms with Gasteiger partial charge in [0.25, 0.3) is 0 Å². The van der Waals surface area contributed by atoms with Crippen molar-refractivity contribution in [3.63, 3.8) is 0 Å². The molecule has 0 saturated heterocycles. The fourth-order valence-electron chi connectivity index (χ4n) is 2.45. The van der Waals surface area contributed by atoms with Gasteiger partial charge < -0.3 is 4.74 Å². The van der Waals surface area contributed by atoms with Crippen molar-refractivity contribution in [2.75, 3.05) is 0 Å². The van der Waals surface area contributed by atoms with E-state index in [4.69, 9.17) is 0 Å². The maximum absolute atomic E-state index is 10.9. The van der Waals surface area contributed by atoms with Gasteiger partial charge in [-0.2, -0.15) is 0 Å². The summed E-state index contributed by atoms with van der Waals surface area (Å²) in [6, 6.07) is 0. The smallest absolute Gasteiger partial charge is 0.313 e. The van der Waals surface area contributed by atoms with Gasteiger partial charge in [0.2, 0.25) is 0 Å². The fraction of sp³-hybridized carbons (Fsp3) is 0.789. The van der Waals surface area contributed by atoms with E-state index in [2.05, 4.69) is 23.8 Å². The molecule has 0 aliphatic carbocycles. The first-order valence-electron chi connectivity index (χ1n) is 9.09. The van der Waals surface area contributed by atoms with E-state index >= 15 is 0 Å². The van der Waals surface area contributed by atoms with Crippen LogP contribution < -0.4 is 0 Å². The largest absolute Gasteiger partial charge is 0.395 e. The summed E-state index contributed by atoms with van der Waals surface area (Å²) < 4.78 is 4.23. The number of hydrogen-bond donors (Lipinski definition) is 0. The zero-order valence-electron chi connectivity index (χ0n) is 14.4. The molecule has 0 aromatic heterocycles. The van der Waals surface area contributed by atoms with Crippen molar-refractivity contribution in [1.82, 2.24) is 0 Å². The molecular formula is C19H34O3. The monoisotopic (exact) mass is 310 g/mol. The molecular weight excluding hydrogens is 276 g/mol. The first-order chi connectivity index (χ1) is 10.8. The molecule has 0 unspecified atom stereocenters. The molecule has 0 atom stereocenters. The standard InChI is InChI=1S/C19H34O3/c1-2-3-4-5-6-7-8-9-10-11-12-13-14-15-16-17-19(21)22-18-20/h9-10,18H,2-8,11-17H2,1H3. The van der Waals surface area contributed by atoms with Gasteiger partial charge in [0.05, 0.1) is 0 Å². The Morgan fingerprint density at radius 2 is 1.27 bits per heavy atom. The van der Waals surface area contributed by atoms with E-state index in [9.17, 15) is 9.59 Å². The zero-order valence-corrected chi connectivity index (χ0v) is 14.4. The molecule has 0 amide bonds. The molecule has 0 aromatic rings. The summed E-state index contributed by atoms with van der Waals surface area (Å²) >= 11 is 0. The van der Waals surface area contributed by atoms with E-state index in [-0.39, 0.29) is 6.47 Å².